The van der Waals surface area contributed by atoms with Crippen molar-refractivity contribution in [2.24, 2.45) is 0 Å². The lowest BCUT2D eigenvalue weighted by Crippen LogP contribution is -2.28. The van der Waals surface area contributed by atoms with Gasteiger partial charge in [-0.15, -0.1) is 0 Å². The normalized spacial score (nSPS) is 14.5. The van der Waals surface area contributed by atoms with Gasteiger partial charge < -0.3 is 9.84 Å². The van der Waals surface area contributed by atoms with Gasteiger partial charge in [-0.2, -0.15) is 0 Å². The highest BCUT2D eigenvalue weighted by Gasteiger charge is 2.15. The predicted molar refractivity (Wildman–Crippen MR) is 45.1 cm³/mol. The van der Waals surface area contributed by atoms with E-state index < -0.39 is 6.10 Å². The van der Waals surface area contributed by atoms with Crippen LogP contribution in [-0.2, 0) is 4.74 Å². The van der Waals surface area contributed by atoms with Crippen LogP contribution < -0.4 is 0 Å². The zero-order valence-corrected chi connectivity index (χ0v) is 7.66. The minimum Gasteiger partial charge on any atom is -0.479 e. The first-order chi connectivity index (χ1) is 4.33. The van der Waals surface area contributed by atoms with Crippen molar-refractivity contribution in [3.05, 3.63) is 0 Å². The van der Waals surface area contributed by atoms with Gasteiger partial charge in [-0.05, 0) is 39.9 Å². The summed E-state index contributed by atoms with van der Waals surface area (Å²) in [5, 5.41) is 9.17. The fourth-order valence-corrected chi connectivity index (χ4v) is 0.637. The maximum absolute atomic E-state index is 8.92. The molecule has 1 unspecified atom stereocenters. The summed E-state index contributed by atoms with van der Waals surface area (Å²) in [5.41, 5.74) is -0.298. The van der Waals surface area contributed by atoms with Crippen LogP contribution in [0.4, 0.5) is 0 Å². The Morgan fingerprint density at radius 3 is 2.00 bits per heavy atom. The maximum Gasteiger partial charge on any atom is 0.188 e. The first kappa shape index (κ1) is 9.85. The molecule has 0 amide bonds. The van der Waals surface area contributed by atoms with Crippen molar-refractivity contribution in [2.45, 2.75) is 39.4 Å². The van der Waals surface area contributed by atoms with Gasteiger partial charge in [0.15, 0.2) is 5.05 Å². The average Bonchev–Trinajstić information content (AvgIpc) is 1.60. The molecule has 0 aliphatic rings. The highest BCUT2D eigenvalue weighted by Crippen LogP contribution is 2.09. The Labute approximate surface area is 67.2 Å². The van der Waals surface area contributed by atoms with Crippen LogP contribution in [-0.4, -0.2) is 21.9 Å². The van der Waals surface area contributed by atoms with E-state index in [1.165, 1.54) is 0 Å². The lowest BCUT2D eigenvalue weighted by atomic mass is 10.2. The van der Waals surface area contributed by atoms with Crippen molar-refractivity contribution in [1.82, 2.24) is 0 Å². The second kappa shape index (κ2) is 3.30. The van der Waals surface area contributed by atoms with Crippen LogP contribution in [0, 0.1) is 0 Å². The largest absolute Gasteiger partial charge is 0.479 e. The van der Waals surface area contributed by atoms with Gasteiger partial charge in [0.1, 0.15) is 11.7 Å². The number of aliphatic hydroxyl groups is 1. The monoisotopic (exact) mass is 162 g/mol. The van der Waals surface area contributed by atoms with Crippen molar-refractivity contribution >= 4 is 17.3 Å². The van der Waals surface area contributed by atoms with Gasteiger partial charge in [-0.1, -0.05) is 0 Å². The van der Waals surface area contributed by atoms with E-state index in [1.807, 2.05) is 20.8 Å². The summed E-state index contributed by atoms with van der Waals surface area (Å²) >= 11 is 4.75. The molecule has 60 valence electrons. The van der Waals surface area contributed by atoms with Gasteiger partial charge in [-0.25, -0.2) is 0 Å². The van der Waals surface area contributed by atoms with E-state index in [9.17, 15) is 0 Å². The average molecular weight is 162 g/mol. The molecule has 0 saturated heterocycles. The van der Waals surface area contributed by atoms with E-state index >= 15 is 0 Å². The van der Waals surface area contributed by atoms with Crippen LogP contribution in [0.25, 0.3) is 0 Å². The smallest absolute Gasteiger partial charge is 0.188 e. The molecule has 0 aliphatic carbocycles. The first-order valence-electron chi connectivity index (χ1n) is 3.24. The number of hydrogen-bond acceptors (Lipinski definition) is 3. The van der Waals surface area contributed by atoms with Gasteiger partial charge in [-0.3, -0.25) is 0 Å². The standard InChI is InChI=1S/C7H14O2S/c1-5(8)6(10)9-7(2,3)4/h5,8H,1-4H3. The Balaban J connectivity index is 3.81. The lowest BCUT2D eigenvalue weighted by Gasteiger charge is -2.22. The molecule has 10 heavy (non-hydrogen) atoms. The minimum atomic E-state index is -0.658. The molecule has 0 spiro atoms. The van der Waals surface area contributed by atoms with E-state index in [2.05, 4.69) is 0 Å². The highest BCUT2D eigenvalue weighted by molar-refractivity contribution is 7.80. The van der Waals surface area contributed by atoms with E-state index in [0.29, 0.717) is 0 Å². The molecule has 0 aromatic rings. The Hall–Kier alpha value is -0.150. The zero-order valence-electron chi connectivity index (χ0n) is 6.84. The molecule has 2 nitrogen and oxygen atoms in total. The molecule has 0 aromatic heterocycles. The summed E-state index contributed by atoms with van der Waals surface area (Å²) in [4.78, 5) is 0. The van der Waals surface area contributed by atoms with Gasteiger partial charge in [0.2, 0.25) is 0 Å². The third kappa shape index (κ3) is 4.70. The van der Waals surface area contributed by atoms with E-state index in [0.717, 1.165) is 0 Å². The lowest BCUT2D eigenvalue weighted by molar-refractivity contribution is 0.0950. The minimum absolute atomic E-state index is 0.257. The van der Waals surface area contributed by atoms with Crippen molar-refractivity contribution in [3.8, 4) is 0 Å². The van der Waals surface area contributed by atoms with E-state index in [4.69, 9.17) is 22.1 Å². The number of ether oxygens (including phenoxy) is 1. The molecule has 0 rings (SSSR count). The molecular formula is C7H14O2S. The van der Waals surface area contributed by atoms with Gasteiger partial charge in [0.25, 0.3) is 0 Å². The number of hydrogen-bond donors (Lipinski definition) is 1. The predicted octanol–water partition coefficient (Wildman–Crippen LogP) is 1.51. The van der Waals surface area contributed by atoms with Gasteiger partial charge in [0.05, 0.1) is 0 Å². The Morgan fingerprint density at radius 1 is 1.50 bits per heavy atom. The molecule has 1 atom stereocenters. The topological polar surface area (TPSA) is 29.5 Å². The van der Waals surface area contributed by atoms with Crippen LogP contribution in [0.3, 0.4) is 0 Å². The summed E-state index contributed by atoms with van der Waals surface area (Å²) in [6.07, 6.45) is -0.658. The molecule has 0 bridgehead atoms. The van der Waals surface area contributed by atoms with E-state index in [1.54, 1.807) is 6.92 Å². The fraction of sp³-hybridized carbons (Fsp3) is 0.857. The van der Waals surface area contributed by atoms with Crippen LogP contribution in [0.2, 0.25) is 0 Å². The van der Waals surface area contributed by atoms with Crippen LogP contribution in [0.5, 0.6) is 0 Å². The molecule has 0 saturated carbocycles. The van der Waals surface area contributed by atoms with Crippen molar-refractivity contribution in [2.75, 3.05) is 0 Å². The molecule has 0 aliphatic heterocycles. The molecule has 1 N–H and O–H groups in total. The Kier molecular flexibility index (Phi) is 3.25. The van der Waals surface area contributed by atoms with Gasteiger partial charge >= 0.3 is 0 Å². The molecular weight excluding hydrogens is 148 g/mol. The number of thiocarbonyl (C=S) groups is 1. The molecule has 0 radical (unpaired) electrons. The van der Waals surface area contributed by atoms with Gasteiger partial charge in [0, 0.05) is 0 Å². The third-order valence-corrected chi connectivity index (χ3v) is 1.17. The SMILES string of the molecule is CC(O)C(=S)OC(C)(C)C. The summed E-state index contributed by atoms with van der Waals surface area (Å²) in [5.74, 6) is 0. The zero-order chi connectivity index (χ0) is 8.36. The molecule has 0 fully saturated rings. The number of rotatable bonds is 1. The van der Waals surface area contributed by atoms with E-state index in [-0.39, 0.29) is 10.7 Å². The molecule has 0 heterocycles. The second-order valence-corrected chi connectivity index (χ2v) is 3.61. The molecule has 0 aromatic carbocycles. The Bertz CT molecular complexity index is 124. The molecule has 3 heteroatoms. The fourth-order valence-electron chi connectivity index (χ4n) is 0.387. The van der Waals surface area contributed by atoms with Crippen LogP contribution in [0.15, 0.2) is 0 Å². The maximum atomic E-state index is 8.92. The summed E-state index contributed by atoms with van der Waals surface area (Å²) < 4.78 is 5.18. The Morgan fingerprint density at radius 2 is 1.90 bits per heavy atom. The van der Waals surface area contributed by atoms with Crippen molar-refractivity contribution < 1.29 is 9.84 Å². The van der Waals surface area contributed by atoms with Crippen molar-refractivity contribution in [3.63, 3.8) is 0 Å². The number of aliphatic hydroxyl groups excluding tert-OH is 1. The summed E-state index contributed by atoms with van der Waals surface area (Å²) in [7, 11) is 0. The highest BCUT2D eigenvalue weighted by atomic mass is 32.1. The quantitative estimate of drug-likeness (QED) is 0.593. The van der Waals surface area contributed by atoms with Crippen LogP contribution in [0.1, 0.15) is 27.7 Å². The summed E-state index contributed by atoms with van der Waals surface area (Å²) in [6.45, 7) is 7.26. The first-order valence-corrected chi connectivity index (χ1v) is 3.64. The second-order valence-electron chi connectivity index (χ2n) is 3.21. The van der Waals surface area contributed by atoms with Crippen LogP contribution >= 0.6 is 12.2 Å². The summed E-state index contributed by atoms with van der Waals surface area (Å²) in [6, 6.07) is 0. The van der Waals surface area contributed by atoms with Crippen molar-refractivity contribution in [1.29, 1.82) is 0 Å². The third-order valence-electron chi connectivity index (χ3n) is 0.748.